The number of hydrogen-bond donors (Lipinski definition) is 2. The molecule has 116 valence electrons. The molecule has 1 fully saturated rings. The summed E-state index contributed by atoms with van der Waals surface area (Å²) in [6.45, 7) is 4.83. The standard InChI is InChI=1S/C16H24N2O3/c1-3-10-18-11-8-16(9-12-18,15(19)20)17-13-4-6-14(21-2)7-5-13/h4-7,17H,3,8-12H2,1-2H3,(H,19,20). The van der Waals surface area contributed by atoms with Gasteiger partial charge in [0.2, 0.25) is 0 Å². The third kappa shape index (κ3) is 3.67. The minimum atomic E-state index is -0.862. The highest BCUT2D eigenvalue weighted by atomic mass is 16.5. The molecule has 0 radical (unpaired) electrons. The van der Waals surface area contributed by atoms with Crippen molar-refractivity contribution in [2.24, 2.45) is 0 Å². The first-order valence-corrected chi connectivity index (χ1v) is 7.47. The topological polar surface area (TPSA) is 61.8 Å². The fraction of sp³-hybridized carbons (Fsp3) is 0.562. The van der Waals surface area contributed by atoms with Gasteiger partial charge in [-0.25, -0.2) is 4.79 Å². The van der Waals surface area contributed by atoms with Crippen LogP contribution in [0.2, 0.25) is 0 Å². The van der Waals surface area contributed by atoms with E-state index >= 15 is 0 Å². The van der Waals surface area contributed by atoms with E-state index < -0.39 is 11.5 Å². The summed E-state index contributed by atoms with van der Waals surface area (Å²) in [4.78, 5) is 14.1. The number of carbonyl (C=O) groups is 1. The number of aliphatic carboxylic acids is 1. The van der Waals surface area contributed by atoms with Gasteiger partial charge in [0, 0.05) is 18.8 Å². The predicted molar refractivity (Wildman–Crippen MR) is 82.9 cm³/mol. The van der Waals surface area contributed by atoms with Gasteiger partial charge in [0.05, 0.1) is 7.11 Å². The molecule has 0 aromatic heterocycles. The van der Waals surface area contributed by atoms with Crippen LogP contribution >= 0.6 is 0 Å². The number of anilines is 1. The van der Waals surface area contributed by atoms with Crippen LogP contribution in [0, 0.1) is 0 Å². The summed E-state index contributed by atoms with van der Waals surface area (Å²) in [6, 6.07) is 7.40. The Morgan fingerprint density at radius 3 is 2.43 bits per heavy atom. The van der Waals surface area contributed by atoms with Gasteiger partial charge in [0.1, 0.15) is 11.3 Å². The molecule has 1 heterocycles. The zero-order chi connectivity index (χ0) is 15.3. The van der Waals surface area contributed by atoms with Gasteiger partial charge in [0.25, 0.3) is 0 Å². The third-order valence-corrected chi connectivity index (χ3v) is 4.13. The smallest absolute Gasteiger partial charge is 0.329 e. The number of benzene rings is 1. The number of nitrogens with zero attached hydrogens (tertiary/aromatic N) is 1. The zero-order valence-corrected chi connectivity index (χ0v) is 12.8. The Hall–Kier alpha value is -1.75. The lowest BCUT2D eigenvalue weighted by Gasteiger charge is -2.39. The van der Waals surface area contributed by atoms with Crippen molar-refractivity contribution in [3.8, 4) is 5.75 Å². The van der Waals surface area contributed by atoms with Gasteiger partial charge in [-0.1, -0.05) is 6.92 Å². The second-order valence-electron chi connectivity index (χ2n) is 5.58. The second kappa shape index (κ2) is 6.80. The number of piperidine rings is 1. The molecule has 1 aliphatic rings. The van der Waals surface area contributed by atoms with Gasteiger partial charge in [0.15, 0.2) is 0 Å². The van der Waals surface area contributed by atoms with Crippen LogP contribution in [-0.4, -0.2) is 48.3 Å². The molecule has 1 aromatic rings. The van der Waals surface area contributed by atoms with Crippen LogP contribution < -0.4 is 10.1 Å². The van der Waals surface area contributed by atoms with Crippen LogP contribution in [0.25, 0.3) is 0 Å². The van der Waals surface area contributed by atoms with E-state index in [1.165, 1.54) is 0 Å². The van der Waals surface area contributed by atoms with Gasteiger partial charge in [-0.2, -0.15) is 0 Å². The summed E-state index contributed by atoms with van der Waals surface area (Å²) < 4.78 is 5.12. The molecule has 0 atom stereocenters. The molecule has 0 saturated carbocycles. The van der Waals surface area contributed by atoms with Crippen molar-refractivity contribution >= 4 is 11.7 Å². The average molecular weight is 292 g/mol. The highest BCUT2D eigenvalue weighted by Gasteiger charge is 2.41. The van der Waals surface area contributed by atoms with Crippen molar-refractivity contribution in [3.05, 3.63) is 24.3 Å². The van der Waals surface area contributed by atoms with E-state index in [4.69, 9.17) is 4.74 Å². The first-order valence-electron chi connectivity index (χ1n) is 7.47. The van der Waals surface area contributed by atoms with Crippen LogP contribution in [0.4, 0.5) is 5.69 Å². The normalized spacial score (nSPS) is 18.2. The van der Waals surface area contributed by atoms with E-state index in [-0.39, 0.29) is 0 Å². The SMILES string of the molecule is CCCN1CCC(Nc2ccc(OC)cc2)(C(=O)O)CC1. The summed E-state index contributed by atoms with van der Waals surface area (Å²) in [6.07, 6.45) is 2.34. The lowest BCUT2D eigenvalue weighted by Crippen LogP contribution is -2.54. The van der Waals surface area contributed by atoms with Crippen molar-refractivity contribution in [2.45, 2.75) is 31.7 Å². The number of nitrogens with one attached hydrogen (secondary N) is 1. The first kappa shape index (κ1) is 15.6. The summed E-state index contributed by atoms with van der Waals surface area (Å²) in [5, 5.41) is 12.9. The van der Waals surface area contributed by atoms with Crippen LogP contribution in [-0.2, 0) is 4.79 Å². The van der Waals surface area contributed by atoms with Crippen molar-refractivity contribution in [1.29, 1.82) is 0 Å². The molecular weight excluding hydrogens is 268 g/mol. The Kier molecular flexibility index (Phi) is 5.07. The van der Waals surface area contributed by atoms with Gasteiger partial charge >= 0.3 is 5.97 Å². The van der Waals surface area contributed by atoms with Crippen molar-refractivity contribution in [1.82, 2.24) is 4.90 Å². The summed E-state index contributed by atoms with van der Waals surface area (Å²) in [5.41, 5.74) is -0.0408. The van der Waals surface area contributed by atoms with Gasteiger partial charge in [-0.15, -0.1) is 0 Å². The average Bonchev–Trinajstić information content (AvgIpc) is 2.50. The monoisotopic (exact) mass is 292 g/mol. The van der Waals surface area contributed by atoms with Crippen molar-refractivity contribution < 1.29 is 14.6 Å². The van der Waals surface area contributed by atoms with Gasteiger partial charge < -0.3 is 20.1 Å². The maximum absolute atomic E-state index is 11.8. The molecule has 0 amide bonds. The highest BCUT2D eigenvalue weighted by Crippen LogP contribution is 2.28. The number of rotatable bonds is 6. The summed E-state index contributed by atoms with van der Waals surface area (Å²) in [5.74, 6) is -0.00263. The number of carboxylic acid groups (broad SMARTS) is 1. The number of methoxy groups -OCH3 is 1. The number of ether oxygens (including phenoxy) is 1. The van der Waals surface area contributed by atoms with Crippen molar-refractivity contribution in [2.75, 3.05) is 32.1 Å². The minimum Gasteiger partial charge on any atom is -0.497 e. The molecule has 2 N–H and O–H groups in total. The molecule has 5 heteroatoms. The van der Waals surface area contributed by atoms with Crippen molar-refractivity contribution in [3.63, 3.8) is 0 Å². The minimum absolute atomic E-state index is 0.619. The Morgan fingerprint density at radius 1 is 1.33 bits per heavy atom. The largest absolute Gasteiger partial charge is 0.497 e. The van der Waals surface area contributed by atoms with Crippen LogP contribution in [0.5, 0.6) is 5.75 Å². The van der Waals surface area contributed by atoms with E-state index in [1.807, 2.05) is 24.3 Å². The summed E-state index contributed by atoms with van der Waals surface area (Å²) >= 11 is 0. The predicted octanol–water partition coefficient (Wildman–Crippen LogP) is 2.44. The van der Waals surface area contributed by atoms with E-state index in [0.29, 0.717) is 12.8 Å². The molecule has 2 rings (SSSR count). The fourth-order valence-electron chi connectivity index (χ4n) is 2.82. The molecule has 1 aromatic carbocycles. The fourth-order valence-corrected chi connectivity index (χ4v) is 2.82. The van der Waals surface area contributed by atoms with E-state index in [2.05, 4.69) is 17.1 Å². The van der Waals surface area contributed by atoms with E-state index in [9.17, 15) is 9.90 Å². The first-order chi connectivity index (χ1) is 10.1. The molecule has 0 unspecified atom stereocenters. The molecule has 0 aliphatic carbocycles. The van der Waals surface area contributed by atoms with E-state index in [1.54, 1.807) is 7.11 Å². The number of likely N-dealkylation sites (tertiary alicyclic amines) is 1. The lowest BCUT2D eigenvalue weighted by atomic mass is 9.87. The highest BCUT2D eigenvalue weighted by molar-refractivity contribution is 5.83. The zero-order valence-electron chi connectivity index (χ0n) is 12.8. The molecule has 5 nitrogen and oxygen atoms in total. The molecular formula is C16H24N2O3. The quantitative estimate of drug-likeness (QED) is 0.843. The molecule has 0 bridgehead atoms. The van der Waals surface area contributed by atoms with Crippen LogP contribution in [0.3, 0.4) is 0 Å². The summed E-state index contributed by atoms with van der Waals surface area (Å²) in [7, 11) is 1.62. The van der Waals surface area contributed by atoms with Gasteiger partial charge in [-0.3, -0.25) is 0 Å². The molecule has 1 saturated heterocycles. The Morgan fingerprint density at radius 2 is 1.95 bits per heavy atom. The molecule has 1 aliphatic heterocycles. The maximum Gasteiger partial charge on any atom is 0.329 e. The number of hydrogen-bond acceptors (Lipinski definition) is 4. The second-order valence-corrected chi connectivity index (χ2v) is 5.58. The Balaban J connectivity index is 2.07. The number of carboxylic acids is 1. The molecule has 21 heavy (non-hydrogen) atoms. The van der Waals surface area contributed by atoms with E-state index in [0.717, 1.165) is 37.5 Å². The van der Waals surface area contributed by atoms with Crippen LogP contribution in [0.15, 0.2) is 24.3 Å². The Bertz CT molecular complexity index is 465. The lowest BCUT2D eigenvalue weighted by molar-refractivity contribution is -0.144. The Labute approximate surface area is 125 Å². The van der Waals surface area contributed by atoms with Gasteiger partial charge in [-0.05, 0) is 50.1 Å². The maximum atomic E-state index is 11.8. The third-order valence-electron chi connectivity index (χ3n) is 4.13. The van der Waals surface area contributed by atoms with Crippen LogP contribution in [0.1, 0.15) is 26.2 Å². The molecule has 0 spiro atoms.